The molecule has 0 radical (unpaired) electrons. The quantitative estimate of drug-likeness (QED) is 0.708. The lowest BCUT2D eigenvalue weighted by molar-refractivity contribution is 0.129. The van der Waals surface area contributed by atoms with E-state index >= 15 is 0 Å². The van der Waals surface area contributed by atoms with Crippen LogP contribution in [0, 0.1) is 22.2 Å². The molecule has 2 aliphatic rings. The number of likely N-dealkylation sites (tertiary alicyclic amines) is 1. The zero-order chi connectivity index (χ0) is 12.7. The first-order valence-electron chi connectivity index (χ1n) is 6.27. The molecule has 0 aromatic carbocycles. The Balaban J connectivity index is 2.09. The SMILES string of the molecule is CC1(C)CC2CC(C)(CN2C(=O)NCC#N)C1. The van der Waals surface area contributed by atoms with Crippen molar-refractivity contribution in [2.75, 3.05) is 13.1 Å². The highest BCUT2D eigenvalue weighted by Gasteiger charge is 2.50. The molecule has 1 aliphatic heterocycles. The number of rotatable bonds is 1. The summed E-state index contributed by atoms with van der Waals surface area (Å²) in [5.74, 6) is 0. The molecule has 0 aromatic rings. The molecular weight excluding hydrogens is 214 g/mol. The number of hydrogen-bond acceptors (Lipinski definition) is 2. The van der Waals surface area contributed by atoms with E-state index in [9.17, 15) is 4.79 Å². The van der Waals surface area contributed by atoms with Gasteiger partial charge < -0.3 is 10.2 Å². The van der Waals surface area contributed by atoms with Crippen LogP contribution in [0.2, 0.25) is 0 Å². The largest absolute Gasteiger partial charge is 0.325 e. The van der Waals surface area contributed by atoms with E-state index in [1.54, 1.807) is 0 Å². The summed E-state index contributed by atoms with van der Waals surface area (Å²) in [5, 5.41) is 11.2. The minimum atomic E-state index is -0.0713. The van der Waals surface area contributed by atoms with Gasteiger partial charge in [-0.2, -0.15) is 5.26 Å². The minimum Gasteiger partial charge on any atom is -0.325 e. The van der Waals surface area contributed by atoms with Gasteiger partial charge in [0.05, 0.1) is 6.07 Å². The fourth-order valence-electron chi connectivity index (χ4n) is 3.91. The number of urea groups is 1. The van der Waals surface area contributed by atoms with Crippen LogP contribution < -0.4 is 5.32 Å². The number of fused-ring (bicyclic) bond motifs is 2. The number of carbonyl (C=O) groups is 1. The number of hydrogen-bond donors (Lipinski definition) is 1. The van der Waals surface area contributed by atoms with Crippen molar-refractivity contribution in [3.63, 3.8) is 0 Å². The van der Waals surface area contributed by atoms with Gasteiger partial charge in [-0.15, -0.1) is 0 Å². The van der Waals surface area contributed by atoms with Crippen molar-refractivity contribution in [2.24, 2.45) is 10.8 Å². The summed E-state index contributed by atoms with van der Waals surface area (Å²) in [6, 6.07) is 2.23. The van der Waals surface area contributed by atoms with Gasteiger partial charge >= 0.3 is 6.03 Å². The summed E-state index contributed by atoms with van der Waals surface area (Å²) >= 11 is 0. The third-order valence-electron chi connectivity index (χ3n) is 3.99. The highest BCUT2D eigenvalue weighted by Crippen LogP contribution is 2.52. The second kappa shape index (κ2) is 3.90. The average Bonchev–Trinajstić information content (AvgIpc) is 2.44. The molecule has 1 heterocycles. The summed E-state index contributed by atoms with van der Waals surface area (Å²) < 4.78 is 0. The van der Waals surface area contributed by atoms with Crippen LogP contribution in [-0.2, 0) is 0 Å². The number of carbonyl (C=O) groups excluding carboxylic acids is 1. The molecule has 0 aromatic heterocycles. The van der Waals surface area contributed by atoms with Crippen molar-refractivity contribution < 1.29 is 4.79 Å². The molecule has 2 unspecified atom stereocenters. The van der Waals surface area contributed by atoms with Gasteiger partial charge in [0.25, 0.3) is 0 Å². The zero-order valence-electron chi connectivity index (χ0n) is 10.9. The first kappa shape index (κ1) is 12.2. The lowest BCUT2D eigenvalue weighted by atomic mass is 9.65. The van der Waals surface area contributed by atoms with Gasteiger partial charge in [-0.3, -0.25) is 0 Å². The Labute approximate surface area is 103 Å². The maximum Gasteiger partial charge on any atom is 0.318 e. The lowest BCUT2D eigenvalue weighted by Gasteiger charge is -2.39. The first-order chi connectivity index (χ1) is 7.85. The number of nitrogens with zero attached hydrogens (tertiary/aromatic N) is 2. The molecular formula is C13H21N3O. The fraction of sp³-hybridized carbons (Fsp3) is 0.846. The maximum absolute atomic E-state index is 12.0. The van der Waals surface area contributed by atoms with Crippen molar-refractivity contribution in [1.82, 2.24) is 10.2 Å². The molecule has 1 saturated heterocycles. The van der Waals surface area contributed by atoms with Crippen LogP contribution in [0.3, 0.4) is 0 Å². The monoisotopic (exact) mass is 235 g/mol. The Hall–Kier alpha value is -1.24. The predicted molar refractivity (Wildman–Crippen MR) is 65.2 cm³/mol. The van der Waals surface area contributed by atoms with E-state index in [4.69, 9.17) is 5.26 Å². The molecule has 2 fully saturated rings. The molecule has 94 valence electrons. The van der Waals surface area contributed by atoms with Crippen LogP contribution >= 0.6 is 0 Å². The lowest BCUT2D eigenvalue weighted by Crippen LogP contribution is -2.43. The molecule has 2 bridgehead atoms. The Bertz CT molecular complexity index is 371. The van der Waals surface area contributed by atoms with Crippen LogP contribution in [-0.4, -0.2) is 30.1 Å². The maximum atomic E-state index is 12.0. The van der Waals surface area contributed by atoms with E-state index in [2.05, 4.69) is 26.1 Å². The Morgan fingerprint density at radius 1 is 1.47 bits per heavy atom. The summed E-state index contributed by atoms with van der Waals surface area (Å²) in [4.78, 5) is 13.9. The smallest absolute Gasteiger partial charge is 0.318 e. The number of nitrogens with one attached hydrogen (secondary N) is 1. The van der Waals surface area contributed by atoms with E-state index in [0.29, 0.717) is 11.5 Å². The van der Waals surface area contributed by atoms with Gasteiger partial charge in [-0.05, 0) is 30.1 Å². The van der Waals surface area contributed by atoms with Crippen molar-refractivity contribution in [3.05, 3.63) is 0 Å². The molecule has 4 heteroatoms. The van der Waals surface area contributed by atoms with E-state index in [1.165, 1.54) is 6.42 Å². The van der Waals surface area contributed by atoms with Crippen LogP contribution in [0.5, 0.6) is 0 Å². The van der Waals surface area contributed by atoms with Gasteiger partial charge in [0.2, 0.25) is 0 Å². The molecule has 2 amide bonds. The molecule has 0 spiro atoms. The fourth-order valence-corrected chi connectivity index (χ4v) is 3.91. The number of amides is 2. The molecule has 2 rings (SSSR count). The standard InChI is InChI=1S/C13H21N3O/c1-12(2)6-10-7-13(3,8-12)9-16(10)11(17)15-5-4-14/h10H,5-9H2,1-3H3,(H,15,17). The van der Waals surface area contributed by atoms with Gasteiger partial charge in [0, 0.05) is 12.6 Å². The second-order valence-electron chi connectivity index (χ2n) is 6.66. The molecule has 2 atom stereocenters. The summed E-state index contributed by atoms with van der Waals surface area (Å²) in [7, 11) is 0. The summed E-state index contributed by atoms with van der Waals surface area (Å²) in [6.07, 6.45) is 3.36. The van der Waals surface area contributed by atoms with Crippen molar-refractivity contribution in [2.45, 2.75) is 46.1 Å². The van der Waals surface area contributed by atoms with E-state index in [1.807, 2.05) is 11.0 Å². The second-order valence-corrected chi connectivity index (χ2v) is 6.66. The van der Waals surface area contributed by atoms with Gasteiger partial charge in [-0.1, -0.05) is 20.8 Å². The van der Waals surface area contributed by atoms with Crippen LogP contribution in [0.1, 0.15) is 40.0 Å². The first-order valence-corrected chi connectivity index (χ1v) is 6.27. The van der Waals surface area contributed by atoms with Gasteiger partial charge in [0.15, 0.2) is 0 Å². The van der Waals surface area contributed by atoms with Crippen LogP contribution in [0.15, 0.2) is 0 Å². The van der Waals surface area contributed by atoms with Crippen molar-refractivity contribution in [1.29, 1.82) is 5.26 Å². The topological polar surface area (TPSA) is 56.1 Å². The number of nitriles is 1. The Morgan fingerprint density at radius 3 is 2.82 bits per heavy atom. The van der Waals surface area contributed by atoms with E-state index < -0.39 is 0 Å². The summed E-state index contributed by atoms with van der Waals surface area (Å²) in [6.45, 7) is 7.78. The van der Waals surface area contributed by atoms with Crippen molar-refractivity contribution >= 4 is 6.03 Å². The highest BCUT2D eigenvalue weighted by atomic mass is 16.2. The summed E-state index contributed by atoms with van der Waals surface area (Å²) in [5.41, 5.74) is 0.582. The predicted octanol–water partition coefficient (Wildman–Crippen LogP) is 2.12. The van der Waals surface area contributed by atoms with Gasteiger partial charge in [0.1, 0.15) is 6.54 Å². The molecule has 1 saturated carbocycles. The third kappa shape index (κ3) is 2.38. The van der Waals surface area contributed by atoms with Crippen LogP contribution in [0.25, 0.3) is 0 Å². The normalized spacial score (nSPS) is 34.2. The van der Waals surface area contributed by atoms with Gasteiger partial charge in [-0.25, -0.2) is 4.79 Å². The Morgan fingerprint density at radius 2 is 2.18 bits per heavy atom. The zero-order valence-corrected chi connectivity index (χ0v) is 10.9. The molecule has 1 N–H and O–H groups in total. The average molecular weight is 235 g/mol. The van der Waals surface area contributed by atoms with Crippen molar-refractivity contribution in [3.8, 4) is 6.07 Å². The van der Waals surface area contributed by atoms with E-state index in [0.717, 1.165) is 19.4 Å². The minimum absolute atomic E-state index is 0.0713. The molecule has 17 heavy (non-hydrogen) atoms. The van der Waals surface area contributed by atoms with Crippen LogP contribution in [0.4, 0.5) is 4.79 Å². The third-order valence-corrected chi connectivity index (χ3v) is 3.99. The molecule has 1 aliphatic carbocycles. The van der Waals surface area contributed by atoms with E-state index in [-0.39, 0.29) is 18.0 Å². The Kier molecular flexibility index (Phi) is 2.81. The highest BCUT2D eigenvalue weighted by molar-refractivity contribution is 5.75. The molecule has 4 nitrogen and oxygen atoms in total.